The quantitative estimate of drug-likeness (QED) is 0.111. The predicted octanol–water partition coefficient (Wildman–Crippen LogP) is 4.54. The summed E-state index contributed by atoms with van der Waals surface area (Å²) in [5, 5.41) is 29.2. The van der Waals surface area contributed by atoms with Gasteiger partial charge in [0.25, 0.3) is 11.9 Å². The number of pyridine rings is 2. The van der Waals surface area contributed by atoms with E-state index in [9.17, 15) is 20.2 Å². The molecule has 0 unspecified atom stereocenters. The standard InChI is InChI=1S/C27H36Cl2N10O4/c28-24-10-8-22(18-30-24)20-36-16-14-34(26(36)32-38(40)41)12-6-4-2-1-3-5-7-13-35-15-17-37(27(35)33-39(42)43)21-23-9-11-25(29)31-19-23/h8-11,18-19H,1-7,12-17,20-21H2/b32-26+,33-27+. The Hall–Kier alpha value is -3.78. The van der Waals surface area contributed by atoms with Crippen molar-refractivity contribution < 1.29 is 10.1 Å². The van der Waals surface area contributed by atoms with E-state index in [4.69, 9.17) is 23.2 Å². The van der Waals surface area contributed by atoms with Crippen molar-refractivity contribution in [1.82, 2.24) is 29.6 Å². The van der Waals surface area contributed by atoms with Gasteiger partial charge in [-0.05, 0) is 36.1 Å². The number of hydrogen-bond donors (Lipinski definition) is 0. The second-order valence-electron chi connectivity index (χ2n) is 10.5. The van der Waals surface area contributed by atoms with Gasteiger partial charge >= 0.3 is 0 Å². The number of unbranched alkanes of at least 4 members (excludes halogenated alkanes) is 6. The summed E-state index contributed by atoms with van der Waals surface area (Å²) >= 11 is 11.7. The molecule has 0 atom stereocenters. The van der Waals surface area contributed by atoms with E-state index in [1.165, 1.54) is 0 Å². The lowest BCUT2D eigenvalue weighted by Crippen LogP contribution is -2.34. The van der Waals surface area contributed by atoms with E-state index in [-0.39, 0.29) is 0 Å². The molecule has 2 aromatic heterocycles. The number of rotatable bonds is 16. The molecule has 16 heteroatoms. The molecule has 2 aromatic rings. The maximum Gasteiger partial charge on any atom is 0.274 e. The second kappa shape index (κ2) is 16.2. The molecule has 2 saturated heterocycles. The minimum Gasteiger partial charge on any atom is -0.336 e. The van der Waals surface area contributed by atoms with Gasteiger partial charge < -0.3 is 19.6 Å². The van der Waals surface area contributed by atoms with E-state index in [2.05, 4.69) is 20.2 Å². The number of hydrazone groups is 2. The van der Waals surface area contributed by atoms with Crippen LogP contribution in [-0.4, -0.2) is 90.8 Å². The zero-order valence-electron chi connectivity index (χ0n) is 23.9. The Kier molecular flexibility index (Phi) is 12.1. The van der Waals surface area contributed by atoms with Gasteiger partial charge in [0.2, 0.25) is 0 Å². The fourth-order valence-corrected chi connectivity index (χ4v) is 5.56. The summed E-state index contributed by atoms with van der Waals surface area (Å²) in [4.78, 5) is 38.3. The molecule has 2 fully saturated rings. The lowest BCUT2D eigenvalue weighted by atomic mass is 10.1. The Morgan fingerprint density at radius 3 is 1.35 bits per heavy atom. The van der Waals surface area contributed by atoms with Gasteiger partial charge in [-0.15, -0.1) is 0 Å². The minimum absolute atomic E-state index is 0.394. The van der Waals surface area contributed by atoms with Gasteiger partial charge in [-0.25, -0.2) is 30.2 Å². The fourth-order valence-electron chi connectivity index (χ4n) is 5.33. The molecular formula is C27H36Cl2N10O4. The molecular weight excluding hydrogens is 599 g/mol. The zero-order valence-corrected chi connectivity index (χ0v) is 25.4. The van der Waals surface area contributed by atoms with Gasteiger partial charge in [-0.1, -0.05) is 67.4 Å². The summed E-state index contributed by atoms with van der Waals surface area (Å²) in [5.74, 6) is 0.787. The van der Waals surface area contributed by atoms with Crippen molar-refractivity contribution in [3.05, 3.63) is 78.3 Å². The molecule has 0 aliphatic carbocycles. The maximum atomic E-state index is 11.2. The molecule has 0 saturated carbocycles. The Morgan fingerprint density at radius 2 is 1.00 bits per heavy atom. The Balaban J connectivity index is 1.12. The predicted molar refractivity (Wildman–Crippen MR) is 164 cm³/mol. The van der Waals surface area contributed by atoms with Crippen LogP contribution in [0.5, 0.6) is 0 Å². The van der Waals surface area contributed by atoms with E-state index in [1.54, 1.807) is 24.5 Å². The van der Waals surface area contributed by atoms with Crippen molar-refractivity contribution >= 4 is 35.1 Å². The number of aromatic nitrogens is 2. The van der Waals surface area contributed by atoms with E-state index in [1.807, 2.05) is 31.7 Å². The van der Waals surface area contributed by atoms with E-state index >= 15 is 0 Å². The highest BCUT2D eigenvalue weighted by molar-refractivity contribution is 6.29. The summed E-state index contributed by atoms with van der Waals surface area (Å²) in [6.45, 7) is 5.13. The monoisotopic (exact) mass is 634 g/mol. The summed E-state index contributed by atoms with van der Waals surface area (Å²) in [6, 6.07) is 7.14. The fraction of sp³-hybridized carbons (Fsp3) is 0.556. The highest BCUT2D eigenvalue weighted by atomic mass is 35.5. The summed E-state index contributed by atoms with van der Waals surface area (Å²) < 4.78 is 0. The molecule has 0 spiro atoms. The molecule has 4 heterocycles. The second-order valence-corrected chi connectivity index (χ2v) is 11.3. The molecule has 2 aliphatic rings. The molecule has 0 bridgehead atoms. The Labute approximate surface area is 260 Å². The molecule has 14 nitrogen and oxygen atoms in total. The topological polar surface area (TPSA) is 150 Å². The van der Waals surface area contributed by atoms with Crippen molar-refractivity contribution in [1.29, 1.82) is 0 Å². The van der Waals surface area contributed by atoms with Gasteiger partial charge in [0.15, 0.2) is 10.1 Å². The third kappa shape index (κ3) is 10.2. The molecule has 232 valence electrons. The van der Waals surface area contributed by atoms with Gasteiger partial charge in [-0.2, -0.15) is 0 Å². The van der Waals surface area contributed by atoms with Crippen LogP contribution in [0.25, 0.3) is 0 Å². The third-order valence-electron chi connectivity index (χ3n) is 7.43. The van der Waals surface area contributed by atoms with Crippen molar-refractivity contribution in [2.45, 2.75) is 58.0 Å². The highest BCUT2D eigenvalue weighted by Crippen LogP contribution is 2.18. The summed E-state index contributed by atoms with van der Waals surface area (Å²) in [6.07, 6.45) is 10.5. The van der Waals surface area contributed by atoms with Crippen molar-refractivity contribution in [3.63, 3.8) is 0 Å². The first-order valence-electron chi connectivity index (χ1n) is 14.4. The van der Waals surface area contributed by atoms with Crippen LogP contribution in [0.2, 0.25) is 10.3 Å². The molecule has 0 amide bonds. The first-order valence-corrected chi connectivity index (χ1v) is 15.2. The molecule has 0 N–H and O–H groups in total. The van der Waals surface area contributed by atoms with E-state index in [0.29, 0.717) is 61.5 Å². The third-order valence-corrected chi connectivity index (χ3v) is 7.88. The van der Waals surface area contributed by atoms with Gasteiger partial charge in [0.1, 0.15) is 20.5 Å². The number of hydrogen-bond acceptors (Lipinski definition) is 6. The minimum atomic E-state index is -0.635. The van der Waals surface area contributed by atoms with Crippen LogP contribution >= 0.6 is 23.2 Å². The van der Waals surface area contributed by atoms with Crippen LogP contribution in [0.15, 0.2) is 46.9 Å². The molecule has 4 rings (SSSR count). The van der Waals surface area contributed by atoms with Crippen molar-refractivity contribution in [2.24, 2.45) is 10.2 Å². The molecule has 0 radical (unpaired) electrons. The van der Waals surface area contributed by atoms with Gasteiger partial charge in [0, 0.05) is 64.8 Å². The maximum absolute atomic E-state index is 11.2. The zero-order chi connectivity index (χ0) is 30.6. The SMILES string of the molecule is O=[N+]([O-])/N=C1\N(CCCCCCCCCN2CCN(Cc3ccc(Cl)nc3)/C2=N/[N+](=O)[O-])CCN1Cc1ccc(Cl)nc1. The van der Waals surface area contributed by atoms with Crippen LogP contribution in [0, 0.1) is 20.2 Å². The average Bonchev–Trinajstić information content (AvgIpc) is 3.52. The van der Waals surface area contributed by atoms with Gasteiger partial charge in [-0.3, -0.25) is 0 Å². The number of halogens is 2. The van der Waals surface area contributed by atoms with Crippen molar-refractivity contribution in [3.8, 4) is 0 Å². The van der Waals surface area contributed by atoms with Crippen LogP contribution in [0.4, 0.5) is 0 Å². The Morgan fingerprint density at radius 1 is 0.628 bits per heavy atom. The van der Waals surface area contributed by atoms with Crippen LogP contribution < -0.4 is 0 Å². The summed E-state index contributed by atoms with van der Waals surface area (Å²) in [7, 11) is 0. The van der Waals surface area contributed by atoms with Crippen LogP contribution in [0.3, 0.4) is 0 Å². The van der Waals surface area contributed by atoms with Gasteiger partial charge in [0.05, 0.1) is 0 Å². The first-order chi connectivity index (χ1) is 20.8. The first kappa shape index (κ1) is 32.1. The number of nitro groups is 2. The number of guanidine groups is 2. The molecule has 2 aliphatic heterocycles. The molecule has 0 aromatic carbocycles. The van der Waals surface area contributed by atoms with E-state index in [0.717, 1.165) is 69.2 Å². The lowest BCUT2D eigenvalue weighted by Gasteiger charge is -2.21. The largest absolute Gasteiger partial charge is 0.336 e. The highest BCUT2D eigenvalue weighted by Gasteiger charge is 2.30. The smallest absolute Gasteiger partial charge is 0.274 e. The molecule has 43 heavy (non-hydrogen) atoms. The average molecular weight is 636 g/mol. The lowest BCUT2D eigenvalue weighted by molar-refractivity contribution is -0.486. The van der Waals surface area contributed by atoms with Crippen LogP contribution in [0.1, 0.15) is 56.1 Å². The van der Waals surface area contributed by atoms with Crippen LogP contribution in [-0.2, 0) is 13.1 Å². The normalized spacial score (nSPS) is 17.1. The van der Waals surface area contributed by atoms with Crippen molar-refractivity contribution in [2.75, 3.05) is 39.3 Å². The summed E-state index contributed by atoms with van der Waals surface area (Å²) in [5.41, 5.74) is 1.84. The van der Waals surface area contributed by atoms with E-state index < -0.39 is 10.1 Å². The number of nitrogens with zero attached hydrogens (tertiary/aromatic N) is 10. The Bertz CT molecular complexity index is 1180.